The van der Waals surface area contributed by atoms with Gasteiger partial charge in [0.25, 0.3) is 15.9 Å². The molecule has 5 rings (SSSR count). The summed E-state index contributed by atoms with van der Waals surface area (Å²) in [6.45, 7) is 4.68. The molecule has 1 heterocycles. The third kappa shape index (κ3) is 6.55. The molecular formula is C35H41ClN4O7S. The zero-order valence-corrected chi connectivity index (χ0v) is 29.1. The Morgan fingerprint density at radius 2 is 1.69 bits per heavy atom. The molecule has 1 atom stereocenters. The van der Waals surface area contributed by atoms with E-state index < -0.39 is 27.6 Å². The number of nitrogens with one attached hydrogen (secondary N) is 1. The van der Waals surface area contributed by atoms with Crippen molar-refractivity contribution in [1.82, 2.24) is 9.80 Å². The van der Waals surface area contributed by atoms with Crippen LogP contribution < -0.4 is 19.1 Å². The van der Waals surface area contributed by atoms with E-state index in [-0.39, 0.29) is 45.5 Å². The lowest BCUT2D eigenvalue weighted by molar-refractivity contribution is -0.128. The van der Waals surface area contributed by atoms with Crippen molar-refractivity contribution in [2.24, 2.45) is 5.92 Å². The molecule has 13 heteroatoms. The Morgan fingerprint density at radius 3 is 2.33 bits per heavy atom. The highest BCUT2D eigenvalue weighted by Gasteiger charge is 2.60. The number of likely N-dealkylation sites (N-methyl/N-ethyl adjacent to an activating group) is 1. The predicted molar refractivity (Wildman–Crippen MR) is 184 cm³/mol. The van der Waals surface area contributed by atoms with E-state index in [0.29, 0.717) is 24.3 Å². The minimum absolute atomic E-state index is 0.0346. The van der Waals surface area contributed by atoms with Crippen LogP contribution in [0.25, 0.3) is 0 Å². The quantitative estimate of drug-likeness (QED) is 0.237. The van der Waals surface area contributed by atoms with E-state index >= 15 is 0 Å². The van der Waals surface area contributed by atoms with E-state index in [9.17, 15) is 22.8 Å². The number of benzene rings is 3. The van der Waals surface area contributed by atoms with Crippen LogP contribution in [0.4, 0.5) is 21.0 Å². The summed E-state index contributed by atoms with van der Waals surface area (Å²) in [5.41, 5.74) is -1.05. The molecule has 1 N–H and O–H groups in total. The summed E-state index contributed by atoms with van der Waals surface area (Å²) >= 11 is 6.51. The van der Waals surface area contributed by atoms with Crippen LogP contribution in [0.15, 0.2) is 71.6 Å². The first-order valence-electron chi connectivity index (χ1n) is 16.1. The van der Waals surface area contributed by atoms with Crippen molar-refractivity contribution in [3.05, 3.63) is 77.3 Å². The molecular weight excluding hydrogens is 656 g/mol. The van der Waals surface area contributed by atoms with Crippen LogP contribution in [0.2, 0.25) is 5.02 Å². The number of halogens is 1. The summed E-state index contributed by atoms with van der Waals surface area (Å²) in [7, 11) is -1.87. The molecule has 48 heavy (non-hydrogen) atoms. The number of methoxy groups -OCH3 is 1. The molecule has 4 amide bonds. The molecule has 3 aromatic carbocycles. The number of sulfonamides is 1. The Morgan fingerprint density at radius 1 is 1.00 bits per heavy atom. The molecule has 1 fully saturated rings. The van der Waals surface area contributed by atoms with Gasteiger partial charge in [0.15, 0.2) is 5.54 Å². The molecule has 0 saturated heterocycles. The highest BCUT2D eigenvalue weighted by atomic mass is 35.5. The Kier molecular flexibility index (Phi) is 10.5. The molecule has 1 saturated carbocycles. The Bertz CT molecular complexity index is 1780. The predicted octanol–water partition coefficient (Wildman–Crippen LogP) is 7.25. The maximum absolute atomic E-state index is 15.0. The fourth-order valence-corrected chi connectivity index (χ4v) is 8.49. The van der Waals surface area contributed by atoms with Gasteiger partial charge in [0.2, 0.25) is 0 Å². The normalized spacial score (nSPS) is 17.9. The topological polar surface area (TPSA) is 126 Å². The molecule has 11 nitrogen and oxygen atoms in total. The van der Waals surface area contributed by atoms with Crippen LogP contribution in [-0.4, -0.2) is 63.5 Å². The van der Waals surface area contributed by atoms with Crippen LogP contribution in [0, 0.1) is 5.92 Å². The lowest BCUT2D eigenvalue weighted by Gasteiger charge is -2.40. The van der Waals surface area contributed by atoms with Crippen molar-refractivity contribution < 1.29 is 32.3 Å². The molecule has 256 valence electrons. The second-order valence-electron chi connectivity index (χ2n) is 12.0. The smallest absolute Gasteiger partial charge is 0.416 e. The molecule has 1 aliphatic carbocycles. The van der Waals surface area contributed by atoms with E-state index in [2.05, 4.69) is 5.32 Å². The summed E-state index contributed by atoms with van der Waals surface area (Å²) in [6.07, 6.45) is 4.01. The van der Waals surface area contributed by atoms with Crippen LogP contribution in [0.5, 0.6) is 11.5 Å². The Hall–Kier alpha value is -4.29. The van der Waals surface area contributed by atoms with Gasteiger partial charge in [-0.3, -0.25) is 9.69 Å². The minimum Gasteiger partial charge on any atom is -0.495 e. The molecule has 0 spiro atoms. The SMILES string of the molecule is CCN(CC)C(=O)Nc1ccc(S(=O)(=O)N2C(=O)C(CC3CCCCC3)(N(C)C(=O)Oc3ccccc3)c3cc(Cl)ccc32)c(OC)c1. The maximum Gasteiger partial charge on any atom is 0.416 e. The number of hydrogen-bond donors (Lipinski definition) is 1. The summed E-state index contributed by atoms with van der Waals surface area (Å²) in [6, 6.07) is 16.8. The molecule has 1 aliphatic heterocycles. The first kappa shape index (κ1) is 35.0. The van der Waals surface area contributed by atoms with Gasteiger partial charge >= 0.3 is 12.1 Å². The molecule has 0 bridgehead atoms. The van der Waals surface area contributed by atoms with Crippen LogP contribution in [0.1, 0.15) is 57.9 Å². The third-order valence-electron chi connectivity index (χ3n) is 9.25. The van der Waals surface area contributed by atoms with Crippen molar-refractivity contribution in [2.45, 2.75) is 62.8 Å². The summed E-state index contributed by atoms with van der Waals surface area (Å²) in [5.74, 6) is -0.579. The van der Waals surface area contributed by atoms with Crippen molar-refractivity contribution in [1.29, 1.82) is 0 Å². The Labute approximate surface area is 286 Å². The van der Waals surface area contributed by atoms with E-state index in [4.69, 9.17) is 21.1 Å². The first-order valence-corrected chi connectivity index (χ1v) is 17.9. The average Bonchev–Trinajstić information content (AvgIpc) is 3.33. The lowest BCUT2D eigenvalue weighted by Crippen LogP contribution is -2.56. The average molecular weight is 697 g/mol. The van der Waals surface area contributed by atoms with Crippen LogP contribution in [-0.2, 0) is 20.4 Å². The third-order valence-corrected chi connectivity index (χ3v) is 11.2. The van der Waals surface area contributed by atoms with Gasteiger partial charge < -0.3 is 19.7 Å². The van der Waals surface area contributed by atoms with E-state index in [1.165, 1.54) is 49.4 Å². The number of ether oxygens (including phenoxy) is 2. The van der Waals surface area contributed by atoms with Gasteiger partial charge in [-0.05, 0) is 68.7 Å². The van der Waals surface area contributed by atoms with Gasteiger partial charge in [-0.15, -0.1) is 0 Å². The van der Waals surface area contributed by atoms with Crippen molar-refractivity contribution in [3.63, 3.8) is 0 Å². The van der Waals surface area contributed by atoms with Gasteiger partial charge in [0.05, 0.1) is 12.8 Å². The zero-order valence-electron chi connectivity index (χ0n) is 27.6. The Balaban J connectivity index is 1.61. The zero-order chi connectivity index (χ0) is 34.6. The molecule has 1 unspecified atom stereocenters. The van der Waals surface area contributed by atoms with Gasteiger partial charge in [0, 0.05) is 42.5 Å². The highest BCUT2D eigenvalue weighted by molar-refractivity contribution is 7.93. The van der Waals surface area contributed by atoms with Crippen LogP contribution >= 0.6 is 11.6 Å². The second kappa shape index (κ2) is 14.4. The highest BCUT2D eigenvalue weighted by Crippen LogP contribution is 2.52. The molecule has 0 radical (unpaired) electrons. The van der Waals surface area contributed by atoms with Gasteiger partial charge in [-0.25, -0.2) is 18.0 Å². The van der Waals surface area contributed by atoms with Gasteiger partial charge in [0.1, 0.15) is 16.4 Å². The number of urea groups is 1. The van der Waals surface area contributed by atoms with E-state index in [1.807, 2.05) is 13.8 Å². The first-order chi connectivity index (χ1) is 23.0. The number of fused-ring (bicyclic) bond motifs is 1. The summed E-state index contributed by atoms with van der Waals surface area (Å²) in [4.78, 5) is 44.0. The second-order valence-corrected chi connectivity index (χ2v) is 14.2. The number of nitrogens with zero attached hydrogens (tertiary/aromatic N) is 3. The van der Waals surface area contributed by atoms with Gasteiger partial charge in [-0.1, -0.05) is 61.9 Å². The number of amides is 4. The van der Waals surface area contributed by atoms with Gasteiger partial charge in [-0.2, -0.15) is 4.31 Å². The monoisotopic (exact) mass is 696 g/mol. The number of carbonyl (C=O) groups excluding carboxylic acids is 3. The number of carbonyl (C=O) groups is 3. The van der Waals surface area contributed by atoms with E-state index in [1.54, 1.807) is 41.3 Å². The standard InChI is InChI=1S/C35H41ClN4O7S/c1-5-39(6-2)33(42)37-26-18-20-31(30(22-26)46-4)48(44,45)40-29-19-17-25(36)21-28(29)35(32(40)41,23-24-13-9-7-10-14-24)38(3)34(43)47-27-15-11-8-12-16-27/h8,11-12,15-22,24H,5-7,9-10,13-14,23H2,1-4H3,(H,37,42). The summed E-state index contributed by atoms with van der Waals surface area (Å²) in [5, 5.41) is 3.04. The van der Waals surface area contributed by atoms with Crippen molar-refractivity contribution in [2.75, 3.05) is 36.9 Å². The molecule has 0 aromatic heterocycles. The number of para-hydroxylation sites is 1. The molecule has 3 aromatic rings. The van der Waals surface area contributed by atoms with Crippen molar-refractivity contribution >= 4 is 51.0 Å². The maximum atomic E-state index is 15.0. The van der Waals surface area contributed by atoms with Crippen molar-refractivity contribution in [3.8, 4) is 11.5 Å². The largest absolute Gasteiger partial charge is 0.495 e. The van der Waals surface area contributed by atoms with E-state index in [0.717, 1.165) is 36.4 Å². The fourth-order valence-electron chi connectivity index (χ4n) is 6.70. The fraction of sp³-hybridized carbons (Fsp3) is 0.400. The molecule has 2 aliphatic rings. The van der Waals surface area contributed by atoms with Crippen LogP contribution in [0.3, 0.4) is 0 Å². The number of hydrogen-bond acceptors (Lipinski definition) is 7. The minimum atomic E-state index is -4.64. The summed E-state index contributed by atoms with van der Waals surface area (Å²) < 4.78 is 41.2. The number of anilines is 2. The lowest BCUT2D eigenvalue weighted by atomic mass is 9.76. The number of rotatable bonds is 10.